The molecule has 2 aromatic rings. The van der Waals surface area contributed by atoms with Crippen LogP contribution in [0.25, 0.3) is 0 Å². The van der Waals surface area contributed by atoms with Gasteiger partial charge in [-0.2, -0.15) is 0 Å². The first-order valence-corrected chi connectivity index (χ1v) is 9.50. The van der Waals surface area contributed by atoms with Gasteiger partial charge in [0.05, 0.1) is 0 Å². The molecule has 4 heteroatoms. The molecule has 1 atom stereocenters. The Hall–Kier alpha value is -3.71. The maximum Gasteiger partial charge on any atom is 0.159 e. The Morgan fingerprint density at radius 2 is 1.62 bits per heavy atom. The Balaban J connectivity index is 2.03. The molecule has 4 nitrogen and oxygen atoms in total. The molecule has 4 rings (SSSR count). The van der Waals surface area contributed by atoms with Crippen molar-refractivity contribution in [3.63, 3.8) is 0 Å². The molecule has 0 N–H and O–H groups in total. The van der Waals surface area contributed by atoms with Crippen LogP contribution in [0.1, 0.15) is 32.3 Å². The Morgan fingerprint density at radius 1 is 1.00 bits per heavy atom. The van der Waals surface area contributed by atoms with Crippen LogP contribution in [0.4, 0.5) is 5.69 Å². The molecular formula is C25H21N3O. The number of hydrogen-bond acceptors (Lipinski definition) is 4. The Labute approximate surface area is 171 Å². The van der Waals surface area contributed by atoms with E-state index in [0.717, 1.165) is 34.2 Å². The molecule has 142 valence electrons. The number of carbonyl (C=O) groups excluding carboxylic acids is 1. The average Bonchev–Trinajstić information content (AvgIpc) is 2.73. The molecule has 0 spiro atoms. The third-order valence-corrected chi connectivity index (χ3v) is 5.21. The van der Waals surface area contributed by atoms with Gasteiger partial charge in [-0.25, -0.2) is 9.98 Å². The van der Waals surface area contributed by atoms with E-state index in [1.807, 2.05) is 79.4 Å². The van der Waals surface area contributed by atoms with Crippen molar-refractivity contribution in [1.29, 1.82) is 0 Å². The molecule has 0 aromatic heterocycles. The molecule has 1 unspecified atom stereocenters. The summed E-state index contributed by atoms with van der Waals surface area (Å²) in [5, 5.41) is 0. The number of amidine groups is 2. The standard InChI is InChI=1S/C25H21N3O/c1-5-21-23(17(3)29)24(19-12-8-6-9-13-19)22-16(2)26-18(4)28(25(22)27-21)20-14-10-7-11-15-20/h1,6-15,24H,2-4H3. The number of hydrogen-bond donors (Lipinski definition) is 0. The molecular weight excluding hydrogens is 358 g/mol. The highest BCUT2D eigenvalue weighted by atomic mass is 16.1. The summed E-state index contributed by atoms with van der Waals surface area (Å²) < 4.78 is 0. The van der Waals surface area contributed by atoms with Gasteiger partial charge in [0.15, 0.2) is 5.78 Å². The van der Waals surface area contributed by atoms with E-state index in [1.54, 1.807) is 6.92 Å². The fraction of sp³-hybridized carbons (Fsp3) is 0.160. The lowest BCUT2D eigenvalue weighted by molar-refractivity contribution is -0.113. The lowest BCUT2D eigenvalue weighted by atomic mass is 9.78. The largest absolute Gasteiger partial charge is 0.295 e. The highest BCUT2D eigenvalue weighted by molar-refractivity contribution is 6.28. The van der Waals surface area contributed by atoms with Crippen molar-refractivity contribution >= 4 is 23.1 Å². The lowest BCUT2D eigenvalue weighted by Crippen LogP contribution is -2.43. The molecule has 0 saturated heterocycles. The van der Waals surface area contributed by atoms with E-state index in [1.165, 1.54) is 0 Å². The summed E-state index contributed by atoms with van der Waals surface area (Å²) in [5.41, 5.74) is 4.63. The van der Waals surface area contributed by atoms with Crippen LogP contribution < -0.4 is 4.90 Å². The Kier molecular flexibility index (Phi) is 4.74. The van der Waals surface area contributed by atoms with Gasteiger partial charge in [0, 0.05) is 28.4 Å². The minimum absolute atomic E-state index is 0.0764. The van der Waals surface area contributed by atoms with Crippen molar-refractivity contribution in [1.82, 2.24) is 0 Å². The highest BCUT2D eigenvalue weighted by Gasteiger charge is 2.39. The number of rotatable bonds is 3. The predicted molar refractivity (Wildman–Crippen MR) is 118 cm³/mol. The summed E-state index contributed by atoms with van der Waals surface area (Å²) in [5.74, 6) is 3.81. The minimum Gasteiger partial charge on any atom is -0.295 e. The third kappa shape index (κ3) is 3.11. The third-order valence-electron chi connectivity index (χ3n) is 5.21. The first-order valence-electron chi connectivity index (χ1n) is 9.50. The summed E-state index contributed by atoms with van der Waals surface area (Å²) in [7, 11) is 0. The van der Waals surface area contributed by atoms with Gasteiger partial charge >= 0.3 is 0 Å². The zero-order valence-corrected chi connectivity index (χ0v) is 16.7. The van der Waals surface area contributed by atoms with Crippen molar-refractivity contribution in [3.8, 4) is 12.3 Å². The van der Waals surface area contributed by atoms with E-state index in [4.69, 9.17) is 16.4 Å². The normalized spacial score (nSPS) is 18.7. The number of nitrogens with zero attached hydrogens (tertiary/aromatic N) is 3. The van der Waals surface area contributed by atoms with E-state index in [2.05, 4.69) is 5.92 Å². The number of allylic oxidation sites excluding steroid dienone is 3. The van der Waals surface area contributed by atoms with E-state index < -0.39 is 0 Å². The number of para-hydroxylation sites is 1. The maximum absolute atomic E-state index is 12.7. The number of Topliss-reactive ketones (excluding diaryl/α,β-unsaturated/α-hetero) is 1. The van der Waals surface area contributed by atoms with E-state index >= 15 is 0 Å². The second-order valence-corrected chi connectivity index (χ2v) is 7.07. The summed E-state index contributed by atoms with van der Waals surface area (Å²) >= 11 is 0. The molecule has 0 aliphatic carbocycles. The van der Waals surface area contributed by atoms with Crippen molar-refractivity contribution in [2.24, 2.45) is 9.98 Å². The minimum atomic E-state index is -0.310. The van der Waals surface area contributed by atoms with Gasteiger partial charge < -0.3 is 0 Å². The number of ketones is 1. The monoisotopic (exact) mass is 379 g/mol. The first kappa shape index (κ1) is 18.6. The molecule has 29 heavy (non-hydrogen) atoms. The number of aliphatic imine (C=N–C) groups is 2. The molecule has 2 heterocycles. The zero-order valence-electron chi connectivity index (χ0n) is 16.7. The van der Waals surface area contributed by atoms with Crippen molar-refractivity contribution in [3.05, 3.63) is 88.8 Å². The number of anilines is 1. The van der Waals surface area contributed by atoms with Crippen LogP contribution in [-0.4, -0.2) is 17.5 Å². The van der Waals surface area contributed by atoms with Crippen LogP contribution in [0, 0.1) is 12.3 Å². The van der Waals surface area contributed by atoms with Gasteiger partial charge in [0.1, 0.15) is 17.4 Å². The SMILES string of the molecule is C#CC1=C(C(C)=O)C(c2ccccc2)C2=C(C)N=C(C)N(c3ccccc3)C2=N1. The van der Waals surface area contributed by atoms with Gasteiger partial charge in [-0.15, -0.1) is 6.42 Å². The quantitative estimate of drug-likeness (QED) is 0.714. The average molecular weight is 379 g/mol. The molecule has 0 amide bonds. The van der Waals surface area contributed by atoms with E-state index in [0.29, 0.717) is 11.3 Å². The fourth-order valence-electron chi connectivity index (χ4n) is 4.03. The molecule has 2 aromatic carbocycles. The van der Waals surface area contributed by atoms with Crippen molar-refractivity contribution < 1.29 is 4.79 Å². The molecule has 0 bridgehead atoms. The molecule has 2 aliphatic rings. The summed E-state index contributed by atoms with van der Waals surface area (Å²) in [4.78, 5) is 24.2. The summed E-state index contributed by atoms with van der Waals surface area (Å²) in [6.45, 7) is 5.46. The second-order valence-electron chi connectivity index (χ2n) is 7.07. The van der Waals surface area contributed by atoms with Gasteiger partial charge in [-0.05, 0) is 44.4 Å². The lowest BCUT2D eigenvalue weighted by Gasteiger charge is -2.37. The number of benzene rings is 2. The van der Waals surface area contributed by atoms with Gasteiger partial charge in [-0.3, -0.25) is 9.69 Å². The molecule has 0 radical (unpaired) electrons. The van der Waals surface area contributed by atoms with Crippen molar-refractivity contribution in [2.45, 2.75) is 26.7 Å². The molecule has 0 fully saturated rings. The van der Waals surface area contributed by atoms with Crippen LogP contribution in [0.15, 0.2) is 93.2 Å². The predicted octanol–water partition coefficient (Wildman–Crippen LogP) is 4.87. The molecule has 2 aliphatic heterocycles. The number of fused-ring (bicyclic) bond motifs is 1. The fourth-order valence-corrected chi connectivity index (χ4v) is 4.03. The van der Waals surface area contributed by atoms with Crippen LogP contribution in [0.2, 0.25) is 0 Å². The van der Waals surface area contributed by atoms with Crippen LogP contribution >= 0.6 is 0 Å². The van der Waals surface area contributed by atoms with Gasteiger partial charge in [0.25, 0.3) is 0 Å². The maximum atomic E-state index is 12.7. The van der Waals surface area contributed by atoms with E-state index in [9.17, 15) is 4.79 Å². The highest BCUT2D eigenvalue weighted by Crippen LogP contribution is 2.43. The first-order chi connectivity index (χ1) is 14.0. The summed E-state index contributed by atoms with van der Waals surface area (Å²) in [6, 6.07) is 19.9. The van der Waals surface area contributed by atoms with E-state index in [-0.39, 0.29) is 11.7 Å². The Bertz CT molecular complexity index is 1150. The molecule has 0 saturated carbocycles. The van der Waals surface area contributed by atoms with Crippen molar-refractivity contribution in [2.75, 3.05) is 4.90 Å². The number of terminal acetylenes is 1. The van der Waals surface area contributed by atoms with Crippen LogP contribution in [0.3, 0.4) is 0 Å². The second kappa shape index (κ2) is 7.37. The summed E-state index contributed by atoms with van der Waals surface area (Å²) in [6.07, 6.45) is 5.82. The Morgan fingerprint density at radius 3 is 2.21 bits per heavy atom. The smallest absolute Gasteiger partial charge is 0.159 e. The van der Waals surface area contributed by atoms with Crippen LogP contribution in [-0.2, 0) is 4.79 Å². The van der Waals surface area contributed by atoms with Gasteiger partial charge in [-0.1, -0.05) is 48.5 Å². The topological polar surface area (TPSA) is 45.0 Å². The van der Waals surface area contributed by atoms with Gasteiger partial charge in [0.2, 0.25) is 0 Å². The van der Waals surface area contributed by atoms with Crippen LogP contribution in [0.5, 0.6) is 0 Å². The zero-order chi connectivity index (χ0) is 20.5. The number of carbonyl (C=O) groups is 1.